The summed E-state index contributed by atoms with van der Waals surface area (Å²) in [6.45, 7) is 6.04. The van der Waals surface area contributed by atoms with E-state index >= 15 is 0 Å². The molecular weight excluding hydrogens is 424 g/mol. The first-order valence-electron chi connectivity index (χ1n) is 11.0. The Morgan fingerprint density at radius 1 is 1.03 bits per heavy atom. The summed E-state index contributed by atoms with van der Waals surface area (Å²) in [6, 6.07) is 18.4. The minimum absolute atomic E-state index is 0.0757. The molecule has 1 saturated heterocycles. The first-order chi connectivity index (χ1) is 15.8. The third kappa shape index (κ3) is 8.57. The van der Waals surface area contributed by atoms with Gasteiger partial charge in [-0.05, 0) is 37.9 Å². The van der Waals surface area contributed by atoms with E-state index in [1.165, 1.54) is 11.1 Å². The Balaban J connectivity index is 0.000000569. The number of aliphatic carboxylic acids is 2. The molecule has 1 atom stereocenters. The predicted molar refractivity (Wildman–Crippen MR) is 124 cm³/mol. The highest BCUT2D eigenvalue weighted by atomic mass is 16.5. The monoisotopic (exact) mass is 456 g/mol. The van der Waals surface area contributed by atoms with Crippen LogP contribution in [0.3, 0.4) is 0 Å². The van der Waals surface area contributed by atoms with Crippen molar-refractivity contribution in [1.82, 2.24) is 9.80 Å². The van der Waals surface area contributed by atoms with Gasteiger partial charge in [0, 0.05) is 32.2 Å². The van der Waals surface area contributed by atoms with Crippen LogP contribution in [0, 0.1) is 5.92 Å². The molecule has 0 spiro atoms. The van der Waals surface area contributed by atoms with Gasteiger partial charge in [0.1, 0.15) is 5.75 Å². The van der Waals surface area contributed by atoms with Crippen LogP contribution in [0.25, 0.3) is 0 Å². The Labute approximate surface area is 194 Å². The van der Waals surface area contributed by atoms with Crippen LogP contribution in [0.15, 0.2) is 54.6 Å². The molecule has 1 aliphatic rings. The number of carbonyl (C=O) groups is 3. The lowest BCUT2D eigenvalue weighted by Gasteiger charge is -2.34. The number of carbonyl (C=O) groups excluding carboxylic acids is 1. The van der Waals surface area contributed by atoms with E-state index in [4.69, 9.17) is 24.5 Å². The fourth-order valence-corrected chi connectivity index (χ4v) is 3.82. The van der Waals surface area contributed by atoms with Crippen molar-refractivity contribution in [3.05, 3.63) is 65.7 Å². The van der Waals surface area contributed by atoms with Crippen molar-refractivity contribution in [2.45, 2.75) is 32.9 Å². The average molecular weight is 457 g/mol. The number of hydrogen-bond acceptors (Lipinski definition) is 5. The summed E-state index contributed by atoms with van der Waals surface area (Å²) in [5, 5.41) is 14.8. The van der Waals surface area contributed by atoms with E-state index in [9.17, 15) is 4.79 Å². The van der Waals surface area contributed by atoms with Gasteiger partial charge in [0.2, 0.25) is 5.91 Å². The molecule has 2 N–H and O–H groups in total. The van der Waals surface area contributed by atoms with Crippen LogP contribution in [-0.2, 0) is 27.5 Å². The number of amides is 1. The van der Waals surface area contributed by atoms with Crippen LogP contribution in [-0.4, -0.2) is 64.6 Å². The molecule has 178 valence electrons. The fourth-order valence-electron chi connectivity index (χ4n) is 3.82. The number of ether oxygens (including phenoxy) is 1. The predicted octanol–water partition coefficient (Wildman–Crippen LogP) is 3.11. The summed E-state index contributed by atoms with van der Waals surface area (Å²) in [5.41, 5.74) is 2.37. The molecule has 0 saturated carbocycles. The molecular formula is C25H32N2O6. The van der Waals surface area contributed by atoms with E-state index in [1.54, 1.807) is 0 Å². The highest BCUT2D eigenvalue weighted by molar-refractivity contribution is 6.27. The first-order valence-corrected chi connectivity index (χ1v) is 11.0. The van der Waals surface area contributed by atoms with Gasteiger partial charge in [0.05, 0.1) is 12.5 Å². The number of para-hydroxylation sites is 1. The topological polar surface area (TPSA) is 107 Å². The largest absolute Gasteiger partial charge is 0.494 e. The number of rotatable bonds is 7. The lowest BCUT2D eigenvalue weighted by atomic mass is 9.96. The summed E-state index contributed by atoms with van der Waals surface area (Å²) < 4.78 is 5.76. The quantitative estimate of drug-likeness (QED) is 0.617. The molecule has 0 bridgehead atoms. The zero-order valence-corrected chi connectivity index (χ0v) is 19.1. The minimum atomic E-state index is -1.82. The molecule has 8 nitrogen and oxygen atoms in total. The maximum atomic E-state index is 12.9. The molecule has 0 aliphatic carbocycles. The molecule has 1 aliphatic heterocycles. The lowest BCUT2D eigenvalue weighted by Crippen LogP contribution is -2.43. The molecule has 3 rings (SSSR count). The van der Waals surface area contributed by atoms with Crippen LogP contribution in [0.4, 0.5) is 0 Å². The highest BCUT2D eigenvalue weighted by Gasteiger charge is 2.28. The van der Waals surface area contributed by atoms with Gasteiger partial charge in [-0.1, -0.05) is 48.5 Å². The number of hydrogen-bond donors (Lipinski definition) is 2. The van der Waals surface area contributed by atoms with Crippen molar-refractivity contribution in [2.24, 2.45) is 5.92 Å². The van der Waals surface area contributed by atoms with E-state index in [0.717, 1.165) is 38.2 Å². The summed E-state index contributed by atoms with van der Waals surface area (Å²) >= 11 is 0. The Hall–Kier alpha value is -3.39. The standard InChI is InChI=1S/C23H30N2O2.C2H2O4/c1-3-27-22-14-8-7-12-20(22)17-25-15-9-13-21(18-25)23(26)24(2)16-19-10-5-4-6-11-19;3-1(4)2(5)6/h4-8,10-12,14,21H,3,9,13,15-18H2,1-2H3;(H,3,4)(H,5,6). The van der Waals surface area contributed by atoms with E-state index in [-0.39, 0.29) is 11.8 Å². The van der Waals surface area contributed by atoms with Gasteiger partial charge in [-0.3, -0.25) is 9.69 Å². The second-order valence-corrected chi connectivity index (χ2v) is 7.91. The summed E-state index contributed by atoms with van der Waals surface area (Å²) in [7, 11) is 1.92. The van der Waals surface area contributed by atoms with Gasteiger partial charge in [0.15, 0.2) is 0 Å². The van der Waals surface area contributed by atoms with Crippen LogP contribution < -0.4 is 4.74 Å². The van der Waals surface area contributed by atoms with Crippen molar-refractivity contribution in [1.29, 1.82) is 0 Å². The molecule has 0 radical (unpaired) electrons. The van der Waals surface area contributed by atoms with Crippen molar-refractivity contribution in [3.63, 3.8) is 0 Å². The van der Waals surface area contributed by atoms with Crippen molar-refractivity contribution in [2.75, 3.05) is 26.7 Å². The molecule has 1 fully saturated rings. The number of piperidine rings is 1. The van der Waals surface area contributed by atoms with Crippen LogP contribution >= 0.6 is 0 Å². The first kappa shape index (κ1) is 25.9. The van der Waals surface area contributed by atoms with Gasteiger partial charge in [-0.2, -0.15) is 0 Å². The lowest BCUT2D eigenvalue weighted by molar-refractivity contribution is -0.159. The third-order valence-electron chi connectivity index (χ3n) is 5.34. The molecule has 1 amide bonds. The molecule has 0 aromatic heterocycles. The zero-order chi connectivity index (χ0) is 24.2. The zero-order valence-electron chi connectivity index (χ0n) is 19.1. The third-order valence-corrected chi connectivity index (χ3v) is 5.34. The molecule has 2 aromatic carbocycles. The molecule has 8 heteroatoms. The molecule has 1 unspecified atom stereocenters. The van der Waals surface area contributed by atoms with Crippen molar-refractivity contribution >= 4 is 17.8 Å². The Morgan fingerprint density at radius 2 is 1.67 bits per heavy atom. The Kier molecular flexibility index (Phi) is 10.4. The van der Waals surface area contributed by atoms with Gasteiger partial charge in [-0.15, -0.1) is 0 Å². The van der Waals surface area contributed by atoms with E-state index in [2.05, 4.69) is 29.2 Å². The van der Waals surface area contributed by atoms with E-state index < -0.39 is 11.9 Å². The van der Waals surface area contributed by atoms with Gasteiger partial charge < -0.3 is 19.8 Å². The fraction of sp³-hybridized carbons (Fsp3) is 0.400. The van der Waals surface area contributed by atoms with Gasteiger partial charge in [0.25, 0.3) is 0 Å². The van der Waals surface area contributed by atoms with E-state index in [0.29, 0.717) is 13.2 Å². The van der Waals surface area contributed by atoms with E-state index in [1.807, 2.05) is 49.2 Å². The molecule has 33 heavy (non-hydrogen) atoms. The second kappa shape index (κ2) is 13.2. The molecule has 2 aromatic rings. The second-order valence-electron chi connectivity index (χ2n) is 7.91. The highest BCUT2D eigenvalue weighted by Crippen LogP contribution is 2.24. The number of carboxylic acid groups (broad SMARTS) is 2. The summed E-state index contributed by atoms with van der Waals surface area (Å²) in [6.07, 6.45) is 2.04. The van der Waals surface area contributed by atoms with Gasteiger partial charge >= 0.3 is 11.9 Å². The maximum Gasteiger partial charge on any atom is 0.414 e. The normalized spacial score (nSPS) is 15.6. The molecule has 1 heterocycles. The number of nitrogens with zero attached hydrogens (tertiary/aromatic N) is 2. The smallest absolute Gasteiger partial charge is 0.414 e. The Bertz CT molecular complexity index is 906. The number of carboxylic acids is 2. The van der Waals surface area contributed by atoms with Crippen LogP contribution in [0.5, 0.6) is 5.75 Å². The average Bonchev–Trinajstić information content (AvgIpc) is 2.81. The van der Waals surface area contributed by atoms with Crippen molar-refractivity contribution < 1.29 is 29.3 Å². The van der Waals surface area contributed by atoms with Crippen LogP contribution in [0.1, 0.15) is 30.9 Å². The van der Waals surface area contributed by atoms with Gasteiger partial charge in [-0.25, -0.2) is 9.59 Å². The number of benzene rings is 2. The Morgan fingerprint density at radius 3 is 2.30 bits per heavy atom. The summed E-state index contributed by atoms with van der Waals surface area (Å²) in [5.74, 6) is -2.37. The SMILES string of the molecule is CCOc1ccccc1CN1CCCC(C(=O)N(C)Cc2ccccc2)C1.O=C(O)C(=O)O. The van der Waals surface area contributed by atoms with Crippen LogP contribution in [0.2, 0.25) is 0 Å². The summed E-state index contributed by atoms with van der Waals surface area (Å²) in [4.78, 5) is 35.4. The maximum absolute atomic E-state index is 12.9. The minimum Gasteiger partial charge on any atom is -0.494 e. The number of likely N-dealkylation sites (tertiary alicyclic amines) is 1. The van der Waals surface area contributed by atoms with Crippen molar-refractivity contribution in [3.8, 4) is 5.75 Å².